The highest BCUT2D eigenvalue weighted by Crippen LogP contribution is 2.19. The van der Waals surface area contributed by atoms with Crippen molar-refractivity contribution in [2.24, 2.45) is 0 Å². The lowest BCUT2D eigenvalue weighted by Crippen LogP contribution is -2.22. The highest BCUT2D eigenvalue weighted by molar-refractivity contribution is 6.31. The molecule has 1 aromatic heterocycles. The number of nitrogens with one attached hydrogen (secondary N) is 1. The minimum Gasteiger partial charge on any atom is -0.476 e. The van der Waals surface area contributed by atoms with Gasteiger partial charge in [-0.15, -0.1) is 5.10 Å². The smallest absolute Gasteiger partial charge is 0.355 e. The van der Waals surface area contributed by atoms with Gasteiger partial charge in [-0.3, -0.25) is 4.79 Å². The van der Waals surface area contributed by atoms with Gasteiger partial charge in [0.05, 0.1) is 6.20 Å². The highest BCUT2D eigenvalue weighted by atomic mass is 35.5. The maximum absolute atomic E-state index is 11.8. The third-order valence-electron chi connectivity index (χ3n) is 2.59. The van der Waals surface area contributed by atoms with Crippen molar-refractivity contribution in [3.8, 4) is 0 Å². The SMILES string of the molecule is Cc1ccc(NC(=O)Cn2nncc2C(=O)O)cc1Cl. The number of carboxylic acid groups (broad SMARTS) is 1. The molecule has 0 bridgehead atoms. The first-order chi connectivity index (χ1) is 9.47. The Hall–Kier alpha value is -2.41. The summed E-state index contributed by atoms with van der Waals surface area (Å²) in [4.78, 5) is 22.7. The average Bonchev–Trinajstić information content (AvgIpc) is 2.82. The van der Waals surface area contributed by atoms with Gasteiger partial charge in [0.15, 0.2) is 5.69 Å². The molecule has 2 N–H and O–H groups in total. The zero-order valence-electron chi connectivity index (χ0n) is 10.5. The van der Waals surface area contributed by atoms with Gasteiger partial charge in [-0.05, 0) is 24.6 Å². The molecule has 0 spiro atoms. The molecule has 0 saturated carbocycles. The Bertz CT molecular complexity index is 668. The zero-order valence-corrected chi connectivity index (χ0v) is 11.3. The first-order valence-electron chi connectivity index (χ1n) is 5.65. The molecular weight excluding hydrogens is 284 g/mol. The van der Waals surface area contributed by atoms with Crippen molar-refractivity contribution in [1.82, 2.24) is 15.0 Å². The van der Waals surface area contributed by atoms with Crippen LogP contribution in [0.25, 0.3) is 0 Å². The van der Waals surface area contributed by atoms with Crippen LogP contribution in [0.5, 0.6) is 0 Å². The van der Waals surface area contributed by atoms with Crippen molar-refractivity contribution >= 4 is 29.2 Å². The third-order valence-corrected chi connectivity index (χ3v) is 2.99. The van der Waals surface area contributed by atoms with E-state index >= 15 is 0 Å². The standard InChI is InChI=1S/C12H11ClN4O3/c1-7-2-3-8(4-9(7)13)15-11(18)6-17-10(12(19)20)5-14-16-17/h2-5H,6H2,1H3,(H,15,18)(H,19,20). The number of benzene rings is 1. The molecule has 0 aliphatic heterocycles. The molecule has 104 valence electrons. The molecule has 7 nitrogen and oxygen atoms in total. The van der Waals surface area contributed by atoms with Crippen molar-refractivity contribution < 1.29 is 14.7 Å². The van der Waals surface area contributed by atoms with Crippen molar-refractivity contribution in [2.45, 2.75) is 13.5 Å². The molecule has 0 aliphatic carbocycles. The van der Waals surface area contributed by atoms with Gasteiger partial charge in [0.1, 0.15) is 6.54 Å². The second kappa shape index (κ2) is 5.70. The van der Waals surface area contributed by atoms with E-state index in [1.54, 1.807) is 18.2 Å². The van der Waals surface area contributed by atoms with Crippen LogP contribution >= 0.6 is 11.6 Å². The van der Waals surface area contributed by atoms with Gasteiger partial charge >= 0.3 is 5.97 Å². The number of carboxylic acids is 1. The summed E-state index contributed by atoms with van der Waals surface area (Å²) in [6, 6.07) is 5.10. The maximum Gasteiger partial charge on any atom is 0.355 e. The molecule has 1 amide bonds. The predicted octanol–water partition coefficient (Wildman–Crippen LogP) is 1.58. The molecule has 0 aliphatic rings. The summed E-state index contributed by atoms with van der Waals surface area (Å²) in [5, 5.41) is 19.0. The van der Waals surface area contributed by atoms with E-state index in [0.717, 1.165) is 16.4 Å². The number of aryl methyl sites for hydroxylation is 1. The molecule has 0 atom stereocenters. The van der Waals surface area contributed by atoms with E-state index in [0.29, 0.717) is 10.7 Å². The van der Waals surface area contributed by atoms with E-state index in [1.165, 1.54) is 0 Å². The predicted molar refractivity (Wildman–Crippen MR) is 71.8 cm³/mol. The second-order valence-electron chi connectivity index (χ2n) is 4.09. The molecule has 1 aromatic carbocycles. The number of hydrogen-bond acceptors (Lipinski definition) is 4. The Morgan fingerprint density at radius 1 is 1.45 bits per heavy atom. The molecule has 0 unspecified atom stereocenters. The number of hydrogen-bond donors (Lipinski definition) is 2. The fraction of sp³-hybridized carbons (Fsp3) is 0.167. The van der Waals surface area contributed by atoms with E-state index < -0.39 is 11.9 Å². The van der Waals surface area contributed by atoms with Gasteiger partial charge in [-0.1, -0.05) is 22.9 Å². The molecule has 1 heterocycles. The highest BCUT2D eigenvalue weighted by Gasteiger charge is 2.14. The second-order valence-corrected chi connectivity index (χ2v) is 4.50. The van der Waals surface area contributed by atoms with Gasteiger partial charge in [0, 0.05) is 10.7 Å². The van der Waals surface area contributed by atoms with E-state index in [1.807, 2.05) is 6.92 Å². The quantitative estimate of drug-likeness (QED) is 0.892. The lowest BCUT2D eigenvalue weighted by molar-refractivity contribution is -0.116. The van der Waals surface area contributed by atoms with Crippen LogP contribution in [0.2, 0.25) is 5.02 Å². The van der Waals surface area contributed by atoms with Gasteiger partial charge in [-0.25, -0.2) is 9.48 Å². The largest absolute Gasteiger partial charge is 0.476 e. The number of halogens is 1. The molecule has 0 fully saturated rings. The van der Waals surface area contributed by atoms with Crippen LogP contribution in [0.15, 0.2) is 24.4 Å². The Morgan fingerprint density at radius 2 is 2.20 bits per heavy atom. The van der Waals surface area contributed by atoms with Gasteiger partial charge < -0.3 is 10.4 Å². The minimum atomic E-state index is -1.19. The number of aromatic carboxylic acids is 1. The van der Waals surface area contributed by atoms with E-state index in [4.69, 9.17) is 16.7 Å². The summed E-state index contributed by atoms with van der Waals surface area (Å²) in [6.45, 7) is 1.61. The summed E-state index contributed by atoms with van der Waals surface area (Å²) in [5.41, 5.74) is 1.28. The Labute approximate surface area is 119 Å². The Morgan fingerprint density at radius 3 is 2.85 bits per heavy atom. The zero-order chi connectivity index (χ0) is 14.7. The Kier molecular flexibility index (Phi) is 3.99. The summed E-state index contributed by atoms with van der Waals surface area (Å²) in [7, 11) is 0. The molecule has 0 radical (unpaired) electrons. The van der Waals surface area contributed by atoms with Crippen molar-refractivity contribution in [1.29, 1.82) is 0 Å². The number of amides is 1. The summed E-state index contributed by atoms with van der Waals surface area (Å²) in [5.74, 6) is -1.61. The molecule has 20 heavy (non-hydrogen) atoms. The van der Waals surface area contributed by atoms with Crippen LogP contribution < -0.4 is 5.32 Å². The fourth-order valence-corrected chi connectivity index (χ4v) is 1.73. The van der Waals surface area contributed by atoms with Crippen molar-refractivity contribution in [2.75, 3.05) is 5.32 Å². The number of carbonyl (C=O) groups excluding carboxylic acids is 1. The number of aromatic nitrogens is 3. The normalized spacial score (nSPS) is 10.3. The molecular formula is C12H11ClN4O3. The first kappa shape index (κ1) is 14.0. The third kappa shape index (κ3) is 3.12. The van der Waals surface area contributed by atoms with Gasteiger partial charge in [0.25, 0.3) is 0 Å². The number of carbonyl (C=O) groups is 2. The van der Waals surface area contributed by atoms with Crippen LogP contribution in [-0.2, 0) is 11.3 Å². The number of rotatable bonds is 4. The van der Waals surface area contributed by atoms with E-state index in [2.05, 4.69) is 15.6 Å². The van der Waals surface area contributed by atoms with E-state index in [9.17, 15) is 9.59 Å². The lowest BCUT2D eigenvalue weighted by atomic mass is 10.2. The average molecular weight is 295 g/mol. The molecule has 2 rings (SSSR count). The van der Waals surface area contributed by atoms with Gasteiger partial charge in [-0.2, -0.15) is 0 Å². The number of anilines is 1. The first-order valence-corrected chi connectivity index (χ1v) is 6.03. The summed E-state index contributed by atoms with van der Waals surface area (Å²) >= 11 is 5.95. The fourth-order valence-electron chi connectivity index (χ4n) is 1.55. The van der Waals surface area contributed by atoms with Crippen LogP contribution in [0, 0.1) is 6.92 Å². The van der Waals surface area contributed by atoms with Crippen LogP contribution in [0.3, 0.4) is 0 Å². The van der Waals surface area contributed by atoms with Gasteiger partial charge in [0.2, 0.25) is 5.91 Å². The summed E-state index contributed by atoms with van der Waals surface area (Å²) in [6.07, 6.45) is 1.08. The molecule has 2 aromatic rings. The number of nitrogens with zero attached hydrogens (tertiary/aromatic N) is 3. The van der Waals surface area contributed by atoms with Crippen molar-refractivity contribution in [3.05, 3.63) is 40.7 Å². The van der Waals surface area contributed by atoms with Crippen LogP contribution in [0.1, 0.15) is 16.1 Å². The monoisotopic (exact) mass is 294 g/mol. The molecule has 8 heteroatoms. The van der Waals surface area contributed by atoms with E-state index in [-0.39, 0.29) is 12.2 Å². The lowest BCUT2D eigenvalue weighted by Gasteiger charge is -2.07. The Balaban J connectivity index is 2.07. The van der Waals surface area contributed by atoms with Crippen LogP contribution in [0.4, 0.5) is 5.69 Å². The summed E-state index contributed by atoms with van der Waals surface area (Å²) < 4.78 is 1.01. The molecule has 0 saturated heterocycles. The topological polar surface area (TPSA) is 97.1 Å². The van der Waals surface area contributed by atoms with Crippen molar-refractivity contribution in [3.63, 3.8) is 0 Å². The maximum atomic E-state index is 11.8. The van der Waals surface area contributed by atoms with Crippen LogP contribution in [-0.4, -0.2) is 32.0 Å². The minimum absolute atomic E-state index is 0.151.